The summed E-state index contributed by atoms with van der Waals surface area (Å²) < 4.78 is 11.3. The topological polar surface area (TPSA) is 35.5 Å². The van der Waals surface area contributed by atoms with Crippen LogP contribution in [0.3, 0.4) is 0 Å². The van der Waals surface area contributed by atoms with Gasteiger partial charge in [-0.05, 0) is 39.0 Å². The first kappa shape index (κ1) is 11.6. The fraction of sp³-hybridized carbons (Fsp3) is 0.769. The molecule has 0 spiro atoms. The summed E-state index contributed by atoms with van der Waals surface area (Å²) in [7, 11) is 0. The Bertz CT molecular complexity index is 272. The quantitative estimate of drug-likeness (QED) is 0.534. The van der Waals surface area contributed by atoms with E-state index < -0.39 is 0 Å². The first-order chi connectivity index (χ1) is 7.79. The van der Waals surface area contributed by atoms with Gasteiger partial charge in [0.2, 0.25) is 0 Å². The highest BCUT2D eigenvalue weighted by atomic mass is 16.6. The van der Waals surface area contributed by atoms with Gasteiger partial charge in [-0.3, -0.25) is 4.79 Å². The van der Waals surface area contributed by atoms with Crippen LogP contribution in [0.15, 0.2) is 12.2 Å². The molecule has 0 aromatic heterocycles. The van der Waals surface area contributed by atoms with Gasteiger partial charge in [0.05, 0.1) is 12.2 Å². The van der Waals surface area contributed by atoms with E-state index in [9.17, 15) is 4.79 Å². The number of rotatable bonds is 2. The molecule has 16 heavy (non-hydrogen) atoms. The number of carbonyl (C=O) groups is 1. The van der Waals surface area contributed by atoms with Crippen molar-refractivity contribution in [2.45, 2.75) is 63.8 Å². The molecular formula is C13H20O3. The summed E-state index contributed by atoms with van der Waals surface area (Å²) in [4.78, 5) is 11.2. The molecule has 2 heterocycles. The summed E-state index contributed by atoms with van der Waals surface area (Å²) in [6.07, 6.45) is 10.2. The van der Waals surface area contributed by atoms with Gasteiger partial charge in [-0.15, -0.1) is 0 Å². The van der Waals surface area contributed by atoms with Gasteiger partial charge >= 0.3 is 5.97 Å². The average molecular weight is 224 g/mol. The molecule has 3 nitrogen and oxygen atoms in total. The Hall–Kier alpha value is -0.830. The van der Waals surface area contributed by atoms with E-state index in [1.54, 1.807) is 0 Å². The zero-order chi connectivity index (χ0) is 11.4. The summed E-state index contributed by atoms with van der Waals surface area (Å²) in [5, 5.41) is 0. The van der Waals surface area contributed by atoms with Gasteiger partial charge in [0.1, 0.15) is 6.10 Å². The lowest BCUT2D eigenvalue weighted by molar-refractivity contribution is -0.170. The number of hydrogen-bond acceptors (Lipinski definition) is 3. The Morgan fingerprint density at radius 2 is 2.00 bits per heavy atom. The van der Waals surface area contributed by atoms with Crippen molar-refractivity contribution >= 4 is 5.97 Å². The fourth-order valence-corrected chi connectivity index (χ4v) is 2.51. The Balaban J connectivity index is 1.90. The molecule has 3 heteroatoms. The molecule has 2 aliphatic heterocycles. The van der Waals surface area contributed by atoms with Crippen LogP contribution in [0.1, 0.15) is 45.4 Å². The number of esters is 1. The smallest absolute Gasteiger partial charge is 0.306 e. The van der Waals surface area contributed by atoms with Crippen molar-refractivity contribution in [1.29, 1.82) is 0 Å². The first-order valence-corrected chi connectivity index (χ1v) is 6.27. The summed E-state index contributed by atoms with van der Waals surface area (Å²) in [6.45, 7) is 2.01. The lowest BCUT2D eigenvalue weighted by atomic mass is 9.96. The highest BCUT2D eigenvalue weighted by Crippen LogP contribution is 2.28. The fourth-order valence-electron chi connectivity index (χ4n) is 2.51. The van der Waals surface area contributed by atoms with Crippen molar-refractivity contribution in [2.75, 3.05) is 0 Å². The van der Waals surface area contributed by atoms with Gasteiger partial charge in [-0.2, -0.15) is 0 Å². The van der Waals surface area contributed by atoms with E-state index >= 15 is 0 Å². The van der Waals surface area contributed by atoms with Crippen molar-refractivity contribution in [3.63, 3.8) is 0 Å². The van der Waals surface area contributed by atoms with Crippen LogP contribution >= 0.6 is 0 Å². The van der Waals surface area contributed by atoms with E-state index in [1.807, 2.05) is 13.0 Å². The Labute approximate surface area is 96.8 Å². The number of ether oxygens (including phenoxy) is 2. The van der Waals surface area contributed by atoms with Crippen LogP contribution in [0.25, 0.3) is 0 Å². The van der Waals surface area contributed by atoms with Crippen LogP contribution in [0, 0.1) is 0 Å². The number of allylic oxidation sites excluding steroid dienone is 1. The largest absolute Gasteiger partial charge is 0.460 e. The third-order valence-electron chi connectivity index (χ3n) is 3.30. The molecule has 0 aromatic carbocycles. The predicted octanol–water partition coefficient (Wildman–Crippen LogP) is 2.60. The molecule has 2 fully saturated rings. The minimum absolute atomic E-state index is 0.00527. The van der Waals surface area contributed by atoms with Gasteiger partial charge in [-0.1, -0.05) is 12.2 Å². The molecule has 2 rings (SSSR count). The van der Waals surface area contributed by atoms with Crippen molar-refractivity contribution in [3.05, 3.63) is 12.2 Å². The number of carbonyl (C=O) groups excluding carboxylic acids is 1. The molecule has 3 unspecified atom stereocenters. The monoisotopic (exact) mass is 224 g/mol. The molecule has 0 bridgehead atoms. The van der Waals surface area contributed by atoms with Gasteiger partial charge < -0.3 is 9.47 Å². The molecule has 3 atom stereocenters. The van der Waals surface area contributed by atoms with Crippen molar-refractivity contribution in [3.8, 4) is 0 Å². The predicted molar refractivity (Wildman–Crippen MR) is 61.1 cm³/mol. The van der Waals surface area contributed by atoms with Crippen LogP contribution in [0.2, 0.25) is 0 Å². The molecule has 2 aliphatic rings. The van der Waals surface area contributed by atoms with Crippen molar-refractivity contribution in [1.82, 2.24) is 0 Å². The Morgan fingerprint density at radius 3 is 2.75 bits per heavy atom. The molecule has 0 saturated carbocycles. The standard InChI is InChI=1S/C13H20O3/c1-2-5-10-6-3-7-11(15-10)12-8-4-9-13(14)16-12/h2,5,10-12H,3-4,6-9H2,1H3/b5-2+. The minimum atomic E-state index is -0.0620. The molecule has 0 aliphatic carbocycles. The van der Waals surface area contributed by atoms with E-state index in [1.165, 1.54) is 0 Å². The van der Waals surface area contributed by atoms with Crippen LogP contribution in [-0.2, 0) is 14.3 Å². The zero-order valence-corrected chi connectivity index (χ0v) is 9.85. The SMILES string of the molecule is C/C=C/C1CCCC(C2CCCC(=O)O2)O1. The molecule has 0 radical (unpaired) electrons. The summed E-state index contributed by atoms with van der Waals surface area (Å²) >= 11 is 0. The second-order valence-electron chi connectivity index (χ2n) is 4.59. The zero-order valence-electron chi connectivity index (χ0n) is 9.85. The second kappa shape index (κ2) is 5.48. The van der Waals surface area contributed by atoms with Gasteiger partial charge in [0.25, 0.3) is 0 Å². The second-order valence-corrected chi connectivity index (χ2v) is 4.59. The maximum absolute atomic E-state index is 11.2. The summed E-state index contributed by atoms with van der Waals surface area (Å²) in [6, 6.07) is 0. The Kier molecular flexibility index (Phi) is 3.99. The Morgan fingerprint density at radius 1 is 1.19 bits per heavy atom. The van der Waals surface area contributed by atoms with E-state index in [0.29, 0.717) is 6.42 Å². The molecule has 0 N–H and O–H groups in total. The lowest BCUT2D eigenvalue weighted by Crippen LogP contribution is -2.40. The van der Waals surface area contributed by atoms with Crippen molar-refractivity contribution < 1.29 is 14.3 Å². The average Bonchev–Trinajstić information content (AvgIpc) is 2.30. The van der Waals surface area contributed by atoms with Crippen LogP contribution in [0.4, 0.5) is 0 Å². The van der Waals surface area contributed by atoms with E-state index in [0.717, 1.165) is 32.1 Å². The maximum Gasteiger partial charge on any atom is 0.306 e. The van der Waals surface area contributed by atoms with E-state index in [2.05, 4.69) is 6.08 Å². The van der Waals surface area contributed by atoms with Gasteiger partial charge in [0, 0.05) is 6.42 Å². The normalized spacial score (nSPS) is 36.3. The molecular weight excluding hydrogens is 204 g/mol. The molecule has 0 amide bonds. The number of cyclic esters (lactones) is 1. The van der Waals surface area contributed by atoms with Gasteiger partial charge in [-0.25, -0.2) is 0 Å². The lowest BCUT2D eigenvalue weighted by Gasteiger charge is -2.35. The summed E-state index contributed by atoms with van der Waals surface area (Å²) in [5.41, 5.74) is 0. The van der Waals surface area contributed by atoms with Gasteiger partial charge in [0.15, 0.2) is 0 Å². The minimum Gasteiger partial charge on any atom is -0.460 e. The highest BCUT2D eigenvalue weighted by Gasteiger charge is 2.32. The molecule has 90 valence electrons. The third kappa shape index (κ3) is 2.85. The summed E-state index contributed by atoms with van der Waals surface area (Å²) in [5.74, 6) is -0.0620. The van der Waals surface area contributed by atoms with Crippen LogP contribution in [0.5, 0.6) is 0 Å². The molecule has 2 saturated heterocycles. The first-order valence-electron chi connectivity index (χ1n) is 6.27. The molecule has 0 aromatic rings. The number of hydrogen-bond donors (Lipinski definition) is 0. The maximum atomic E-state index is 11.2. The van der Waals surface area contributed by atoms with E-state index in [-0.39, 0.29) is 24.3 Å². The van der Waals surface area contributed by atoms with Crippen molar-refractivity contribution in [2.24, 2.45) is 0 Å². The highest BCUT2D eigenvalue weighted by molar-refractivity contribution is 5.70. The van der Waals surface area contributed by atoms with Crippen LogP contribution in [-0.4, -0.2) is 24.3 Å². The van der Waals surface area contributed by atoms with E-state index in [4.69, 9.17) is 9.47 Å². The third-order valence-corrected chi connectivity index (χ3v) is 3.30. The van der Waals surface area contributed by atoms with Crippen LogP contribution < -0.4 is 0 Å².